The van der Waals surface area contributed by atoms with Crippen molar-refractivity contribution in [3.8, 4) is 0 Å². The van der Waals surface area contributed by atoms with E-state index in [1.165, 1.54) is 0 Å². The van der Waals surface area contributed by atoms with Crippen LogP contribution in [0.1, 0.15) is 19.8 Å². The van der Waals surface area contributed by atoms with Gasteiger partial charge in [-0.1, -0.05) is 0 Å². The number of nitrogens with two attached hydrogens (primary N) is 1. The zero-order valence-electron chi connectivity index (χ0n) is 8.40. The third-order valence-electron chi connectivity index (χ3n) is 2.28. The van der Waals surface area contributed by atoms with Crippen molar-refractivity contribution < 1.29 is 13.2 Å². The molecule has 0 amide bonds. The molecule has 1 heterocycles. The van der Waals surface area contributed by atoms with Gasteiger partial charge in [0, 0.05) is 19.2 Å². The van der Waals surface area contributed by atoms with Crippen molar-refractivity contribution in [3.63, 3.8) is 0 Å². The fourth-order valence-electron chi connectivity index (χ4n) is 1.38. The second-order valence-electron chi connectivity index (χ2n) is 3.64. The molecule has 0 aromatic carbocycles. The number of hydrogen-bond donors (Lipinski definition) is 2. The van der Waals surface area contributed by atoms with E-state index in [1.807, 2.05) is 0 Å². The van der Waals surface area contributed by atoms with Gasteiger partial charge in [-0.2, -0.15) is 0 Å². The van der Waals surface area contributed by atoms with Gasteiger partial charge in [0.05, 0.1) is 11.9 Å². The van der Waals surface area contributed by atoms with E-state index in [9.17, 15) is 8.42 Å². The lowest BCUT2D eigenvalue weighted by atomic mass is 10.2. The first-order valence-corrected chi connectivity index (χ1v) is 6.40. The highest BCUT2D eigenvalue weighted by molar-refractivity contribution is 7.90. The van der Waals surface area contributed by atoms with Crippen LogP contribution in [-0.4, -0.2) is 39.5 Å². The molecule has 14 heavy (non-hydrogen) atoms. The van der Waals surface area contributed by atoms with Gasteiger partial charge < -0.3 is 10.5 Å². The van der Waals surface area contributed by atoms with Crippen LogP contribution in [0.4, 0.5) is 0 Å². The number of hydrogen-bond acceptors (Lipinski definition) is 4. The molecule has 1 saturated heterocycles. The first-order valence-electron chi connectivity index (χ1n) is 4.85. The number of nitrogens with one attached hydrogen (secondary N) is 1. The van der Waals surface area contributed by atoms with Crippen LogP contribution in [0.25, 0.3) is 0 Å². The Morgan fingerprint density at radius 3 is 2.86 bits per heavy atom. The average molecular weight is 222 g/mol. The summed E-state index contributed by atoms with van der Waals surface area (Å²) < 4.78 is 31.1. The Bertz CT molecular complexity index is 260. The Balaban J connectivity index is 2.54. The molecule has 0 saturated carbocycles. The summed E-state index contributed by atoms with van der Waals surface area (Å²) in [5, 5.41) is -0.412. The van der Waals surface area contributed by atoms with Crippen molar-refractivity contribution >= 4 is 10.0 Å². The summed E-state index contributed by atoms with van der Waals surface area (Å²) in [5.41, 5.74) is 5.35. The number of sulfonamides is 1. The van der Waals surface area contributed by atoms with Crippen molar-refractivity contribution in [2.75, 3.05) is 19.8 Å². The quantitative estimate of drug-likeness (QED) is 0.667. The smallest absolute Gasteiger partial charge is 0.217 e. The molecule has 1 aliphatic heterocycles. The lowest BCUT2D eigenvalue weighted by Crippen LogP contribution is -2.45. The molecule has 0 spiro atoms. The normalized spacial score (nSPS) is 26.0. The lowest BCUT2D eigenvalue weighted by molar-refractivity contribution is 0.0987. The molecule has 84 valence electrons. The molecule has 0 bridgehead atoms. The molecule has 0 radical (unpaired) electrons. The van der Waals surface area contributed by atoms with Crippen LogP contribution in [0.15, 0.2) is 0 Å². The fraction of sp³-hybridized carbons (Fsp3) is 1.00. The standard InChI is InChI=1S/C8H18N2O3S/c1-7(5-9)10-14(11,12)8-3-2-4-13-6-8/h7-8,10H,2-6,9H2,1H3/t7-,8?/m1/s1. The minimum Gasteiger partial charge on any atom is -0.380 e. The summed E-state index contributed by atoms with van der Waals surface area (Å²) >= 11 is 0. The van der Waals surface area contributed by atoms with Crippen molar-refractivity contribution in [1.82, 2.24) is 4.72 Å². The van der Waals surface area contributed by atoms with Gasteiger partial charge in [-0.25, -0.2) is 13.1 Å². The molecule has 0 aromatic heterocycles. The first kappa shape index (κ1) is 11.9. The van der Waals surface area contributed by atoms with Gasteiger partial charge in [-0.15, -0.1) is 0 Å². The van der Waals surface area contributed by atoms with Gasteiger partial charge in [0.1, 0.15) is 0 Å². The number of rotatable bonds is 4. The van der Waals surface area contributed by atoms with E-state index in [0.29, 0.717) is 26.2 Å². The topological polar surface area (TPSA) is 81.4 Å². The second-order valence-corrected chi connectivity index (χ2v) is 5.63. The monoisotopic (exact) mass is 222 g/mol. The largest absolute Gasteiger partial charge is 0.380 e. The summed E-state index contributed by atoms with van der Waals surface area (Å²) in [6, 6.07) is -0.207. The summed E-state index contributed by atoms with van der Waals surface area (Å²) in [6.45, 7) is 3.03. The molecule has 1 fully saturated rings. The summed E-state index contributed by atoms with van der Waals surface area (Å²) in [6.07, 6.45) is 1.48. The molecule has 0 aromatic rings. The van der Waals surface area contributed by atoms with E-state index >= 15 is 0 Å². The Labute approximate surface area is 85.1 Å². The predicted octanol–water partition coefficient (Wildman–Crippen LogP) is -0.568. The van der Waals surface area contributed by atoms with Crippen LogP contribution in [0, 0.1) is 0 Å². The van der Waals surface area contributed by atoms with Gasteiger partial charge in [0.25, 0.3) is 0 Å². The van der Waals surface area contributed by atoms with Gasteiger partial charge >= 0.3 is 0 Å². The van der Waals surface area contributed by atoms with Crippen molar-refractivity contribution in [3.05, 3.63) is 0 Å². The molecule has 0 aliphatic carbocycles. The van der Waals surface area contributed by atoms with Gasteiger partial charge in [0.2, 0.25) is 10.0 Å². The molecule has 1 aliphatic rings. The minimum absolute atomic E-state index is 0.207. The maximum Gasteiger partial charge on any atom is 0.217 e. The highest BCUT2D eigenvalue weighted by Gasteiger charge is 2.28. The van der Waals surface area contributed by atoms with Crippen LogP contribution in [0.3, 0.4) is 0 Å². The van der Waals surface area contributed by atoms with E-state index in [-0.39, 0.29) is 6.04 Å². The van der Waals surface area contributed by atoms with Crippen LogP contribution < -0.4 is 10.5 Å². The summed E-state index contributed by atoms with van der Waals surface area (Å²) in [7, 11) is -3.25. The molecular weight excluding hydrogens is 204 g/mol. The van der Waals surface area contributed by atoms with E-state index in [2.05, 4.69) is 4.72 Å². The second kappa shape index (κ2) is 5.06. The van der Waals surface area contributed by atoms with Gasteiger partial charge in [-0.05, 0) is 19.8 Å². The Kier molecular flexibility index (Phi) is 4.31. The van der Waals surface area contributed by atoms with E-state index in [4.69, 9.17) is 10.5 Å². The van der Waals surface area contributed by atoms with Crippen LogP contribution in [-0.2, 0) is 14.8 Å². The van der Waals surface area contributed by atoms with Crippen LogP contribution >= 0.6 is 0 Å². The zero-order valence-corrected chi connectivity index (χ0v) is 9.22. The Morgan fingerprint density at radius 2 is 2.36 bits per heavy atom. The first-order chi connectivity index (χ1) is 6.56. The van der Waals surface area contributed by atoms with E-state index < -0.39 is 15.3 Å². The lowest BCUT2D eigenvalue weighted by Gasteiger charge is -2.23. The van der Waals surface area contributed by atoms with E-state index in [1.54, 1.807) is 6.92 Å². The van der Waals surface area contributed by atoms with E-state index in [0.717, 1.165) is 6.42 Å². The molecule has 2 atom stereocenters. The maximum atomic E-state index is 11.7. The predicted molar refractivity (Wildman–Crippen MR) is 54.4 cm³/mol. The molecule has 5 nitrogen and oxygen atoms in total. The molecule has 6 heteroatoms. The molecule has 1 unspecified atom stereocenters. The fourth-order valence-corrected chi connectivity index (χ4v) is 2.98. The maximum absolute atomic E-state index is 11.7. The van der Waals surface area contributed by atoms with Crippen molar-refractivity contribution in [2.45, 2.75) is 31.1 Å². The zero-order chi connectivity index (χ0) is 10.6. The van der Waals surface area contributed by atoms with Gasteiger partial charge in [-0.3, -0.25) is 0 Å². The number of ether oxygens (including phenoxy) is 1. The minimum atomic E-state index is -3.25. The van der Waals surface area contributed by atoms with Crippen LogP contribution in [0.2, 0.25) is 0 Å². The van der Waals surface area contributed by atoms with Crippen LogP contribution in [0.5, 0.6) is 0 Å². The van der Waals surface area contributed by atoms with Crippen molar-refractivity contribution in [1.29, 1.82) is 0 Å². The SMILES string of the molecule is C[C@H](CN)NS(=O)(=O)C1CCCOC1. The molecular formula is C8H18N2O3S. The Hall–Kier alpha value is -0.170. The third kappa shape index (κ3) is 3.20. The molecule has 3 N–H and O–H groups in total. The van der Waals surface area contributed by atoms with Crippen molar-refractivity contribution in [2.24, 2.45) is 5.73 Å². The Morgan fingerprint density at radius 1 is 1.64 bits per heavy atom. The average Bonchev–Trinajstić information content (AvgIpc) is 2.18. The third-order valence-corrected chi connectivity index (χ3v) is 4.26. The summed E-state index contributed by atoms with van der Waals surface area (Å²) in [5.74, 6) is 0. The highest BCUT2D eigenvalue weighted by Crippen LogP contribution is 2.13. The van der Waals surface area contributed by atoms with Gasteiger partial charge in [0.15, 0.2) is 0 Å². The highest BCUT2D eigenvalue weighted by atomic mass is 32.2. The molecule has 1 rings (SSSR count). The summed E-state index contributed by atoms with van der Waals surface area (Å²) in [4.78, 5) is 0.